The fourth-order valence-corrected chi connectivity index (χ4v) is 3.78. The Kier molecular flexibility index (Phi) is 2.75. The first-order valence-electron chi connectivity index (χ1n) is 5.04. The summed E-state index contributed by atoms with van der Waals surface area (Å²) >= 11 is 1.92. The Morgan fingerprint density at radius 3 is 2.79 bits per heavy atom. The largest absolute Gasteiger partial charge is 0.467 e. The molecule has 0 aromatic heterocycles. The van der Waals surface area contributed by atoms with Crippen LogP contribution in [0.1, 0.15) is 19.3 Å². The third-order valence-corrected chi connectivity index (χ3v) is 4.70. The van der Waals surface area contributed by atoms with Crippen LogP contribution in [0.25, 0.3) is 0 Å². The summed E-state index contributed by atoms with van der Waals surface area (Å²) in [5, 5.41) is 9.88. The summed E-state index contributed by atoms with van der Waals surface area (Å²) in [6.07, 6.45) is 2.21. The maximum Gasteiger partial charge on any atom is 0.335 e. The molecule has 0 spiro atoms. The molecule has 14 heavy (non-hydrogen) atoms. The van der Waals surface area contributed by atoms with E-state index < -0.39 is 12.1 Å². The topological polar surface area (TPSA) is 46.5 Å². The molecule has 3 nitrogen and oxygen atoms in total. The van der Waals surface area contributed by atoms with Gasteiger partial charge in [-0.15, -0.1) is 0 Å². The normalized spacial score (nSPS) is 31.1. The van der Waals surface area contributed by atoms with Crippen molar-refractivity contribution in [1.82, 2.24) is 0 Å². The van der Waals surface area contributed by atoms with Gasteiger partial charge in [-0.25, -0.2) is 4.79 Å². The molecule has 2 atom stereocenters. The van der Waals surface area contributed by atoms with E-state index in [0.29, 0.717) is 5.92 Å². The highest BCUT2D eigenvalue weighted by atomic mass is 32.2. The molecule has 4 heteroatoms. The fourth-order valence-electron chi connectivity index (χ4n) is 2.38. The zero-order valence-electron chi connectivity index (χ0n) is 8.36. The highest BCUT2D eigenvalue weighted by Gasteiger charge is 2.57. The predicted molar refractivity (Wildman–Crippen MR) is 55.1 cm³/mol. The van der Waals surface area contributed by atoms with E-state index in [1.807, 2.05) is 11.8 Å². The fraction of sp³-hybridized carbons (Fsp3) is 0.900. The lowest BCUT2D eigenvalue weighted by Crippen LogP contribution is -2.37. The van der Waals surface area contributed by atoms with E-state index in [4.69, 9.17) is 0 Å². The molecule has 1 aliphatic heterocycles. The van der Waals surface area contributed by atoms with Gasteiger partial charge in [-0.3, -0.25) is 0 Å². The number of rotatable bonds is 3. The molecular formula is C10H16O3S. The van der Waals surface area contributed by atoms with Crippen molar-refractivity contribution >= 4 is 17.7 Å². The van der Waals surface area contributed by atoms with E-state index >= 15 is 0 Å². The molecule has 1 heterocycles. The van der Waals surface area contributed by atoms with E-state index in [2.05, 4.69) is 4.74 Å². The van der Waals surface area contributed by atoms with Crippen molar-refractivity contribution in [2.75, 3.05) is 18.6 Å². The predicted octanol–water partition coefficient (Wildman–Crippen LogP) is 1.05. The zero-order chi connectivity index (χ0) is 10.2. The number of thioether (sulfide) groups is 1. The molecule has 0 radical (unpaired) electrons. The smallest absolute Gasteiger partial charge is 0.335 e. The van der Waals surface area contributed by atoms with Crippen LogP contribution >= 0.6 is 11.8 Å². The maximum atomic E-state index is 11.3. The highest BCUT2D eigenvalue weighted by Crippen LogP contribution is 2.58. The number of hydrogen-bond donors (Lipinski definition) is 1. The first kappa shape index (κ1) is 10.3. The van der Waals surface area contributed by atoms with Crippen LogP contribution in [0.4, 0.5) is 0 Å². The molecule has 0 amide bonds. The minimum Gasteiger partial charge on any atom is -0.467 e. The average molecular weight is 216 g/mol. The highest BCUT2D eigenvalue weighted by molar-refractivity contribution is 7.99. The molecule has 2 unspecified atom stereocenters. The Morgan fingerprint density at radius 2 is 2.36 bits per heavy atom. The molecule has 80 valence electrons. The number of ether oxygens (including phenoxy) is 1. The number of aliphatic hydroxyl groups excluding tert-OH is 1. The molecule has 2 fully saturated rings. The summed E-state index contributed by atoms with van der Waals surface area (Å²) < 4.78 is 4.60. The van der Waals surface area contributed by atoms with Crippen molar-refractivity contribution in [3.63, 3.8) is 0 Å². The Hall–Kier alpha value is -0.220. The van der Waals surface area contributed by atoms with E-state index in [9.17, 15) is 9.90 Å². The Bertz CT molecular complexity index is 232. The molecular weight excluding hydrogens is 200 g/mol. The van der Waals surface area contributed by atoms with Crippen LogP contribution in [0.2, 0.25) is 0 Å². The van der Waals surface area contributed by atoms with Crippen molar-refractivity contribution in [2.45, 2.75) is 25.4 Å². The molecule has 1 saturated heterocycles. The third-order valence-electron chi connectivity index (χ3n) is 3.54. The van der Waals surface area contributed by atoms with Gasteiger partial charge in [0, 0.05) is 5.41 Å². The Balaban J connectivity index is 2.04. The molecule has 0 bridgehead atoms. The van der Waals surface area contributed by atoms with Crippen LogP contribution in [-0.4, -0.2) is 35.8 Å². The molecule has 2 aliphatic rings. The monoisotopic (exact) mass is 216 g/mol. The van der Waals surface area contributed by atoms with Crippen LogP contribution in [0, 0.1) is 11.3 Å². The summed E-state index contributed by atoms with van der Waals surface area (Å²) in [4.78, 5) is 11.3. The second-order valence-corrected chi connectivity index (χ2v) is 5.37. The van der Waals surface area contributed by atoms with Crippen LogP contribution in [0.15, 0.2) is 0 Å². The number of methoxy groups -OCH3 is 1. The molecule has 0 aromatic carbocycles. The summed E-state index contributed by atoms with van der Waals surface area (Å²) in [7, 11) is 1.34. The average Bonchev–Trinajstić information content (AvgIpc) is 2.84. The zero-order valence-corrected chi connectivity index (χ0v) is 9.18. The van der Waals surface area contributed by atoms with Gasteiger partial charge >= 0.3 is 5.97 Å². The molecule has 1 N–H and O–H groups in total. The van der Waals surface area contributed by atoms with E-state index in [0.717, 1.165) is 25.0 Å². The summed E-state index contributed by atoms with van der Waals surface area (Å²) in [5.74, 6) is 2.31. The number of carbonyl (C=O) groups excluding carboxylic acids is 1. The van der Waals surface area contributed by atoms with Gasteiger partial charge in [0.15, 0.2) is 6.10 Å². The van der Waals surface area contributed by atoms with Gasteiger partial charge in [0.1, 0.15) is 0 Å². The number of carbonyl (C=O) groups is 1. The SMILES string of the molecule is COC(=O)C(O)C1(C2CCSC2)CC1. The van der Waals surface area contributed by atoms with E-state index in [1.54, 1.807) is 0 Å². The van der Waals surface area contributed by atoms with Gasteiger partial charge < -0.3 is 9.84 Å². The van der Waals surface area contributed by atoms with E-state index in [-0.39, 0.29) is 5.41 Å². The van der Waals surface area contributed by atoms with Crippen LogP contribution in [0.3, 0.4) is 0 Å². The van der Waals surface area contributed by atoms with Crippen molar-refractivity contribution in [3.05, 3.63) is 0 Å². The van der Waals surface area contributed by atoms with Gasteiger partial charge in [0.05, 0.1) is 7.11 Å². The lowest BCUT2D eigenvalue weighted by molar-refractivity contribution is -0.155. The molecule has 2 rings (SSSR count). The molecule has 1 aliphatic carbocycles. The minimum atomic E-state index is -0.892. The van der Waals surface area contributed by atoms with Crippen molar-refractivity contribution in [2.24, 2.45) is 11.3 Å². The molecule has 0 aromatic rings. The van der Waals surface area contributed by atoms with E-state index in [1.165, 1.54) is 12.9 Å². The van der Waals surface area contributed by atoms with Crippen LogP contribution in [0.5, 0.6) is 0 Å². The number of hydrogen-bond acceptors (Lipinski definition) is 4. The van der Waals surface area contributed by atoms with Crippen molar-refractivity contribution in [3.8, 4) is 0 Å². The van der Waals surface area contributed by atoms with Gasteiger partial charge in [0.25, 0.3) is 0 Å². The maximum absolute atomic E-state index is 11.3. The van der Waals surface area contributed by atoms with Crippen molar-refractivity contribution in [1.29, 1.82) is 0 Å². The van der Waals surface area contributed by atoms with Gasteiger partial charge in [-0.1, -0.05) is 0 Å². The lowest BCUT2D eigenvalue weighted by atomic mass is 9.83. The standard InChI is InChI=1S/C10H16O3S/c1-13-9(12)8(11)10(3-4-10)7-2-5-14-6-7/h7-8,11H,2-6H2,1H3. The second kappa shape index (κ2) is 3.74. The number of aliphatic hydroxyl groups is 1. The van der Waals surface area contributed by atoms with Crippen LogP contribution in [-0.2, 0) is 9.53 Å². The summed E-state index contributed by atoms with van der Waals surface area (Å²) in [6.45, 7) is 0. The van der Waals surface area contributed by atoms with Gasteiger partial charge in [-0.2, -0.15) is 11.8 Å². The first-order valence-corrected chi connectivity index (χ1v) is 6.20. The third kappa shape index (κ3) is 1.54. The second-order valence-electron chi connectivity index (χ2n) is 4.22. The van der Waals surface area contributed by atoms with Gasteiger partial charge in [-0.05, 0) is 36.7 Å². The number of esters is 1. The molecule has 1 saturated carbocycles. The van der Waals surface area contributed by atoms with Crippen LogP contribution < -0.4 is 0 Å². The summed E-state index contributed by atoms with van der Waals surface area (Å²) in [6, 6.07) is 0. The summed E-state index contributed by atoms with van der Waals surface area (Å²) in [5.41, 5.74) is -0.128. The Morgan fingerprint density at radius 1 is 1.64 bits per heavy atom. The first-order chi connectivity index (χ1) is 6.70. The quantitative estimate of drug-likeness (QED) is 0.716. The Labute approximate surface area is 88.2 Å². The minimum absolute atomic E-state index is 0.128. The lowest BCUT2D eigenvalue weighted by Gasteiger charge is -2.25. The van der Waals surface area contributed by atoms with Gasteiger partial charge in [0.2, 0.25) is 0 Å². The van der Waals surface area contributed by atoms with Crippen molar-refractivity contribution < 1.29 is 14.6 Å².